The number of hydrogen-bond acceptors (Lipinski definition) is 1. The zero-order valence-corrected chi connectivity index (χ0v) is 13.0. The summed E-state index contributed by atoms with van der Waals surface area (Å²) in [5, 5.41) is 8.52. The monoisotopic (exact) mass is 284 g/mol. The molecular weight excluding hydrogens is 248 g/mol. The summed E-state index contributed by atoms with van der Waals surface area (Å²) in [5.74, 6) is -0.703. The molecule has 0 radical (unpaired) electrons. The molecule has 0 aliphatic heterocycles. The third-order valence-corrected chi connectivity index (χ3v) is 3.18. The first kappa shape index (κ1) is 15.3. The van der Waals surface area contributed by atoms with Crippen LogP contribution < -0.4 is 0 Å². The minimum absolute atomic E-state index is 0.284. The van der Waals surface area contributed by atoms with Crippen molar-refractivity contribution in [3.63, 3.8) is 0 Å². The Morgan fingerprint density at radius 1 is 0.950 bits per heavy atom. The van der Waals surface area contributed by atoms with Crippen molar-refractivity contribution in [3.05, 3.63) is 24.3 Å². The lowest BCUT2D eigenvalue weighted by atomic mass is 10.1. The lowest BCUT2D eigenvalue weighted by molar-refractivity contribution is -0.137. The van der Waals surface area contributed by atoms with Crippen LogP contribution in [0.5, 0.6) is 0 Å². The Morgan fingerprint density at radius 3 is 2.40 bits per heavy atom. The summed E-state index contributed by atoms with van der Waals surface area (Å²) in [6, 6.07) is 0.928. The molecule has 2 nitrogen and oxygen atoms in total. The van der Waals surface area contributed by atoms with Crippen LogP contribution in [-0.2, 0) is 4.79 Å². The zero-order chi connectivity index (χ0) is 16.6. The third kappa shape index (κ3) is 16.9. The van der Waals surface area contributed by atoms with E-state index in [1.165, 1.54) is 0 Å². The highest BCUT2D eigenvalue weighted by Crippen LogP contribution is 2.08. The molecular formula is C18H32O2. The second kappa shape index (κ2) is 16.0. The van der Waals surface area contributed by atoms with Crippen LogP contribution in [0.3, 0.4) is 0 Å². The van der Waals surface area contributed by atoms with Crippen LogP contribution in [0.15, 0.2) is 24.3 Å². The average molecular weight is 284 g/mol. The smallest absolute Gasteiger partial charge is 0.303 e. The predicted octanol–water partition coefficient (Wildman–Crippen LogP) is 5.88. The number of carbonyl (C=O) groups is 1. The molecule has 0 aliphatic rings. The van der Waals surface area contributed by atoms with Gasteiger partial charge in [-0.15, -0.1) is 0 Å². The number of carboxylic acid groups (broad SMARTS) is 1. The van der Waals surface area contributed by atoms with E-state index in [-0.39, 0.29) is 6.42 Å². The Balaban J connectivity index is 3.56. The number of allylic oxidation sites excluding steroid dienone is 4. The molecule has 2 heteroatoms. The zero-order valence-electron chi connectivity index (χ0n) is 15.0. The van der Waals surface area contributed by atoms with Crippen LogP contribution in [-0.4, -0.2) is 11.1 Å². The SMILES string of the molecule is [3H]/C(C/C=C\CCCCCCCC(=O)O)=C(\[3H])CCCCC. The topological polar surface area (TPSA) is 37.3 Å². The molecule has 0 fully saturated rings. The summed E-state index contributed by atoms with van der Waals surface area (Å²) in [7, 11) is 0. The first-order valence-electron chi connectivity index (χ1n) is 9.10. The number of aliphatic carboxylic acids is 1. The van der Waals surface area contributed by atoms with Gasteiger partial charge in [0.05, 0.1) is 2.74 Å². The summed E-state index contributed by atoms with van der Waals surface area (Å²) in [4.78, 5) is 10.3. The summed E-state index contributed by atoms with van der Waals surface area (Å²) in [6.45, 7) is 2.14. The maximum absolute atomic E-state index is 10.3. The fourth-order valence-corrected chi connectivity index (χ4v) is 1.95. The average Bonchev–Trinajstić information content (AvgIpc) is 2.48. The molecule has 0 saturated heterocycles. The highest BCUT2D eigenvalue weighted by Gasteiger charge is 1.95. The van der Waals surface area contributed by atoms with Crippen molar-refractivity contribution in [2.45, 2.75) is 84.0 Å². The van der Waals surface area contributed by atoms with Gasteiger partial charge >= 0.3 is 5.97 Å². The van der Waals surface area contributed by atoms with E-state index in [2.05, 4.69) is 13.0 Å². The van der Waals surface area contributed by atoms with Crippen molar-refractivity contribution in [2.24, 2.45) is 0 Å². The molecule has 116 valence electrons. The van der Waals surface area contributed by atoms with Crippen molar-refractivity contribution >= 4 is 5.97 Å². The van der Waals surface area contributed by atoms with Gasteiger partial charge in [-0.05, 0) is 38.5 Å². The summed E-state index contributed by atoms with van der Waals surface area (Å²) < 4.78 is 15.6. The van der Waals surface area contributed by atoms with Crippen molar-refractivity contribution in [2.75, 3.05) is 0 Å². The van der Waals surface area contributed by atoms with Gasteiger partial charge in [0.15, 0.2) is 0 Å². The Bertz CT molecular complexity index is 349. The van der Waals surface area contributed by atoms with Crippen molar-refractivity contribution in [1.29, 1.82) is 0 Å². The molecule has 0 heterocycles. The minimum atomic E-state index is -0.703. The molecule has 0 amide bonds. The highest BCUT2D eigenvalue weighted by molar-refractivity contribution is 5.66. The molecule has 0 aliphatic carbocycles. The molecule has 0 aromatic heterocycles. The molecule has 0 atom stereocenters. The van der Waals surface area contributed by atoms with Crippen molar-refractivity contribution in [1.82, 2.24) is 0 Å². The molecule has 0 aromatic rings. The van der Waals surface area contributed by atoms with Gasteiger partial charge in [-0.1, -0.05) is 63.3 Å². The predicted molar refractivity (Wildman–Crippen MR) is 87.0 cm³/mol. The number of unbranched alkanes of at least 4 members (excludes halogenated alkanes) is 7. The van der Waals surface area contributed by atoms with Gasteiger partial charge in [0.25, 0.3) is 0 Å². The fraction of sp³-hybridized carbons (Fsp3) is 0.722. The van der Waals surface area contributed by atoms with E-state index >= 15 is 0 Å². The Labute approximate surface area is 127 Å². The fourth-order valence-electron chi connectivity index (χ4n) is 1.95. The normalized spacial score (nSPS) is 14.1. The standard InChI is InChI=1S/C18H32O2/c1-2-3-4-5-6-7-8-9-10-11-12-13-14-15-16-17-18(19)20/h6-7,9-10H,2-5,8,11-17H2,1H3,(H,19,20)/b7-6-,10-9-/i6T,7T. The van der Waals surface area contributed by atoms with Gasteiger partial charge in [-0.2, -0.15) is 0 Å². The van der Waals surface area contributed by atoms with E-state index in [0.29, 0.717) is 18.5 Å². The van der Waals surface area contributed by atoms with E-state index in [1.54, 1.807) is 0 Å². The van der Waals surface area contributed by atoms with Crippen molar-refractivity contribution < 1.29 is 12.6 Å². The maximum Gasteiger partial charge on any atom is 0.303 e. The summed E-state index contributed by atoms with van der Waals surface area (Å²) >= 11 is 0. The minimum Gasteiger partial charge on any atom is -0.481 e. The van der Waals surface area contributed by atoms with E-state index in [4.69, 9.17) is 7.85 Å². The second-order valence-electron chi connectivity index (χ2n) is 5.19. The Kier molecular flexibility index (Phi) is 12.3. The first-order valence-corrected chi connectivity index (χ1v) is 8.10. The summed E-state index contributed by atoms with van der Waals surface area (Å²) in [5.41, 5.74) is 0. The Morgan fingerprint density at radius 2 is 1.65 bits per heavy atom. The quantitative estimate of drug-likeness (QED) is 0.319. The number of rotatable bonds is 14. The lowest BCUT2D eigenvalue weighted by Gasteiger charge is -1.98. The molecule has 0 unspecified atom stereocenters. The van der Waals surface area contributed by atoms with E-state index < -0.39 is 5.97 Å². The van der Waals surface area contributed by atoms with Gasteiger partial charge in [-0.25, -0.2) is 0 Å². The van der Waals surface area contributed by atoms with Crippen LogP contribution in [0.4, 0.5) is 0 Å². The lowest BCUT2D eigenvalue weighted by Crippen LogP contribution is -1.93. The highest BCUT2D eigenvalue weighted by atomic mass is 16.4. The second-order valence-corrected chi connectivity index (χ2v) is 5.19. The van der Waals surface area contributed by atoms with Gasteiger partial charge < -0.3 is 5.11 Å². The van der Waals surface area contributed by atoms with Gasteiger partial charge in [0.1, 0.15) is 0 Å². The van der Waals surface area contributed by atoms with Gasteiger partial charge in [0, 0.05) is 6.42 Å². The number of hydrogen-bond donors (Lipinski definition) is 1. The third-order valence-electron chi connectivity index (χ3n) is 3.18. The largest absolute Gasteiger partial charge is 0.481 e. The molecule has 0 rings (SSSR count). The molecule has 0 spiro atoms. The van der Waals surface area contributed by atoms with Gasteiger partial charge in [0.2, 0.25) is 0 Å². The van der Waals surface area contributed by atoms with E-state index in [9.17, 15) is 4.79 Å². The van der Waals surface area contributed by atoms with Crippen LogP contribution in [0.2, 0.25) is 0 Å². The maximum atomic E-state index is 10.3. The molecule has 0 aromatic carbocycles. The summed E-state index contributed by atoms with van der Waals surface area (Å²) in [6.07, 6.45) is 15.1. The van der Waals surface area contributed by atoms with Crippen LogP contribution in [0.25, 0.3) is 0 Å². The molecule has 20 heavy (non-hydrogen) atoms. The van der Waals surface area contributed by atoms with E-state index in [0.717, 1.165) is 64.2 Å². The van der Waals surface area contributed by atoms with E-state index in [1.807, 2.05) is 6.08 Å². The molecule has 0 bridgehead atoms. The Hall–Kier alpha value is -1.05. The first-order chi connectivity index (χ1) is 10.6. The number of carboxylic acids is 1. The molecule has 1 N–H and O–H groups in total. The van der Waals surface area contributed by atoms with Gasteiger partial charge in [-0.3, -0.25) is 4.79 Å². The van der Waals surface area contributed by atoms with Crippen LogP contribution >= 0.6 is 0 Å². The van der Waals surface area contributed by atoms with Crippen molar-refractivity contribution in [3.8, 4) is 0 Å². The van der Waals surface area contributed by atoms with Crippen LogP contribution in [0.1, 0.15) is 86.7 Å². The molecule has 0 saturated carbocycles. The van der Waals surface area contributed by atoms with Crippen LogP contribution in [0, 0.1) is 0 Å².